The van der Waals surface area contributed by atoms with Gasteiger partial charge in [-0.15, -0.1) is 21.5 Å². The second-order valence-electron chi connectivity index (χ2n) is 5.02. The largest absolute Gasteiger partial charge is 0.269 e. The molecule has 3 nitrogen and oxygen atoms in total. The highest BCUT2D eigenvalue weighted by molar-refractivity contribution is 9.10. The van der Waals surface area contributed by atoms with E-state index < -0.39 is 0 Å². The third-order valence-corrected chi connectivity index (χ3v) is 4.91. The van der Waals surface area contributed by atoms with Crippen molar-refractivity contribution in [1.82, 2.24) is 14.6 Å². The fourth-order valence-electron chi connectivity index (χ4n) is 2.49. The fraction of sp³-hybridized carbons (Fsp3) is 0.0588. The van der Waals surface area contributed by atoms with Gasteiger partial charge in [-0.2, -0.15) is 0 Å². The number of nitrogens with zero attached hydrogens (tertiary/aromatic N) is 3. The van der Waals surface area contributed by atoms with Crippen molar-refractivity contribution in [1.29, 1.82) is 0 Å². The van der Waals surface area contributed by atoms with E-state index in [4.69, 9.17) is 0 Å². The molecule has 0 spiro atoms. The zero-order valence-electron chi connectivity index (χ0n) is 11.6. The maximum Gasteiger partial charge on any atom is 0.216 e. The molecule has 4 aromatic rings. The van der Waals surface area contributed by atoms with Crippen LogP contribution < -0.4 is 0 Å². The first-order chi connectivity index (χ1) is 10.8. The highest BCUT2D eigenvalue weighted by Crippen LogP contribution is 2.28. The van der Waals surface area contributed by atoms with E-state index in [1.54, 1.807) is 11.3 Å². The van der Waals surface area contributed by atoms with Crippen molar-refractivity contribution >= 4 is 32.2 Å². The van der Waals surface area contributed by atoms with Crippen molar-refractivity contribution in [2.45, 2.75) is 6.42 Å². The van der Waals surface area contributed by atoms with Crippen LogP contribution in [0.2, 0.25) is 0 Å². The van der Waals surface area contributed by atoms with Crippen molar-refractivity contribution < 1.29 is 0 Å². The van der Waals surface area contributed by atoms with Gasteiger partial charge in [0.25, 0.3) is 0 Å². The Bertz CT molecular complexity index is 910. The predicted octanol–water partition coefficient (Wildman–Crippen LogP) is 4.81. The summed E-state index contributed by atoms with van der Waals surface area (Å²) in [5.74, 6) is 0.973. The SMILES string of the molecule is Brc1ccc(-c2csc3nnc(Cc4ccccc4)n23)cc1. The third kappa shape index (κ3) is 2.46. The summed E-state index contributed by atoms with van der Waals surface area (Å²) in [6.45, 7) is 0. The van der Waals surface area contributed by atoms with E-state index in [1.165, 1.54) is 11.1 Å². The van der Waals surface area contributed by atoms with Crippen LogP contribution in [0.1, 0.15) is 11.4 Å². The molecule has 0 N–H and O–H groups in total. The van der Waals surface area contributed by atoms with Gasteiger partial charge in [-0.05, 0) is 23.3 Å². The summed E-state index contributed by atoms with van der Waals surface area (Å²) in [7, 11) is 0. The lowest BCUT2D eigenvalue weighted by Crippen LogP contribution is -1.97. The molecular weight excluding hydrogens is 358 g/mol. The molecule has 0 saturated carbocycles. The highest BCUT2D eigenvalue weighted by atomic mass is 79.9. The van der Waals surface area contributed by atoms with Gasteiger partial charge >= 0.3 is 0 Å². The molecular formula is C17H12BrN3S. The van der Waals surface area contributed by atoms with Crippen LogP contribution in [0.5, 0.6) is 0 Å². The van der Waals surface area contributed by atoms with Gasteiger partial charge in [0, 0.05) is 16.3 Å². The van der Waals surface area contributed by atoms with Gasteiger partial charge < -0.3 is 0 Å². The molecule has 4 rings (SSSR count). The van der Waals surface area contributed by atoms with Gasteiger partial charge in [-0.1, -0.05) is 58.4 Å². The Morgan fingerprint density at radius 1 is 0.955 bits per heavy atom. The van der Waals surface area contributed by atoms with Gasteiger partial charge in [0.2, 0.25) is 4.96 Å². The van der Waals surface area contributed by atoms with Crippen LogP contribution in [-0.4, -0.2) is 14.6 Å². The van der Waals surface area contributed by atoms with Gasteiger partial charge in [0.1, 0.15) is 5.82 Å². The molecule has 0 aliphatic heterocycles. The molecule has 5 heteroatoms. The Morgan fingerprint density at radius 2 is 1.73 bits per heavy atom. The van der Waals surface area contributed by atoms with Gasteiger partial charge in [0.05, 0.1) is 5.69 Å². The molecule has 22 heavy (non-hydrogen) atoms. The van der Waals surface area contributed by atoms with Crippen molar-refractivity contribution in [2.75, 3.05) is 0 Å². The van der Waals surface area contributed by atoms with Crippen LogP contribution in [0.3, 0.4) is 0 Å². The number of benzene rings is 2. The van der Waals surface area contributed by atoms with Crippen LogP contribution in [0.4, 0.5) is 0 Å². The summed E-state index contributed by atoms with van der Waals surface area (Å²) in [5, 5.41) is 10.8. The van der Waals surface area contributed by atoms with Crippen LogP contribution in [0, 0.1) is 0 Å². The first-order valence-corrected chi connectivity index (χ1v) is 8.60. The topological polar surface area (TPSA) is 30.2 Å². The molecule has 0 bridgehead atoms. The Labute approximate surface area is 140 Å². The molecule has 0 atom stereocenters. The summed E-state index contributed by atoms with van der Waals surface area (Å²) in [4.78, 5) is 0.934. The molecule has 0 aliphatic rings. The number of rotatable bonds is 3. The third-order valence-electron chi connectivity index (χ3n) is 3.56. The van der Waals surface area contributed by atoms with E-state index in [0.29, 0.717) is 0 Å². The van der Waals surface area contributed by atoms with Gasteiger partial charge in [-0.25, -0.2) is 0 Å². The first-order valence-electron chi connectivity index (χ1n) is 6.92. The summed E-state index contributed by atoms with van der Waals surface area (Å²) >= 11 is 5.10. The summed E-state index contributed by atoms with van der Waals surface area (Å²) < 4.78 is 3.23. The lowest BCUT2D eigenvalue weighted by molar-refractivity contribution is 0.939. The molecule has 2 aromatic carbocycles. The van der Waals surface area contributed by atoms with E-state index in [2.05, 4.69) is 84.4 Å². The summed E-state index contributed by atoms with van der Waals surface area (Å²) in [6.07, 6.45) is 0.780. The van der Waals surface area contributed by atoms with Crippen molar-refractivity contribution in [3.8, 4) is 11.3 Å². The Kier molecular flexibility index (Phi) is 3.52. The van der Waals surface area contributed by atoms with E-state index in [-0.39, 0.29) is 0 Å². The monoisotopic (exact) mass is 369 g/mol. The van der Waals surface area contributed by atoms with Crippen molar-refractivity contribution in [3.05, 3.63) is 75.8 Å². The van der Waals surface area contributed by atoms with E-state index in [1.807, 2.05) is 6.07 Å². The minimum Gasteiger partial charge on any atom is -0.269 e. The molecule has 0 unspecified atom stereocenters. The molecule has 0 amide bonds. The maximum absolute atomic E-state index is 4.37. The molecule has 0 radical (unpaired) electrons. The second kappa shape index (κ2) is 5.66. The number of halogens is 1. The maximum atomic E-state index is 4.37. The van der Waals surface area contributed by atoms with Gasteiger partial charge in [0.15, 0.2) is 0 Å². The second-order valence-corrected chi connectivity index (χ2v) is 6.78. The van der Waals surface area contributed by atoms with E-state index in [9.17, 15) is 0 Å². The number of thiazole rings is 1. The average Bonchev–Trinajstić information content (AvgIpc) is 3.13. The number of fused-ring (bicyclic) bond motifs is 1. The van der Waals surface area contributed by atoms with Crippen molar-refractivity contribution in [2.24, 2.45) is 0 Å². The summed E-state index contributed by atoms with van der Waals surface area (Å²) in [6, 6.07) is 18.7. The Hall–Kier alpha value is -1.98. The lowest BCUT2D eigenvalue weighted by Gasteiger charge is -2.04. The zero-order valence-corrected chi connectivity index (χ0v) is 14.0. The standard InChI is InChI=1S/C17H12BrN3S/c18-14-8-6-13(7-9-14)15-11-22-17-20-19-16(21(15)17)10-12-4-2-1-3-5-12/h1-9,11H,10H2. The van der Waals surface area contributed by atoms with Crippen LogP contribution >= 0.6 is 27.3 Å². The molecule has 0 aliphatic carbocycles. The van der Waals surface area contributed by atoms with Gasteiger partial charge in [-0.3, -0.25) is 4.40 Å². The quantitative estimate of drug-likeness (QED) is 0.518. The molecule has 0 saturated heterocycles. The Balaban J connectivity index is 1.80. The highest BCUT2D eigenvalue weighted by Gasteiger charge is 2.13. The summed E-state index contributed by atoms with van der Waals surface area (Å²) in [5.41, 5.74) is 3.55. The minimum absolute atomic E-state index is 0.780. The van der Waals surface area contributed by atoms with Crippen LogP contribution in [0.15, 0.2) is 64.5 Å². The van der Waals surface area contributed by atoms with Crippen molar-refractivity contribution in [3.63, 3.8) is 0 Å². The van der Waals surface area contributed by atoms with E-state index >= 15 is 0 Å². The fourth-order valence-corrected chi connectivity index (χ4v) is 3.61. The average molecular weight is 370 g/mol. The normalized spacial score (nSPS) is 11.1. The van der Waals surface area contributed by atoms with E-state index in [0.717, 1.165) is 27.4 Å². The smallest absolute Gasteiger partial charge is 0.216 e. The predicted molar refractivity (Wildman–Crippen MR) is 93.2 cm³/mol. The number of hydrogen-bond donors (Lipinski definition) is 0. The molecule has 108 valence electrons. The molecule has 2 aromatic heterocycles. The first kappa shape index (κ1) is 13.7. The lowest BCUT2D eigenvalue weighted by atomic mass is 10.1. The number of aromatic nitrogens is 3. The molecule has 0 fully saturated rings. The Morgan fingerprint density at radius 3 is 2.50 bits per heavy atom. The zero-order chi connectivity index (χ0) is 14.9. The van der Waals surface area contributed by atoms with Crippen LogP contribution in [-0.2, 0) is 6.42 Å². The minimum atomic E-state index is 0.780. The van der Waals surface area contributed by atoms with Crippen LogP contribution in [0.25, 0.3) is 16.2 Å². The molecule has 2 heterocycles. The number of hydrogen-bond acceptors (Lipinski definition) is 3.